The van der Waals surface area contributed by atoms with Gasteiger partial charge in [0.25, 0.3) is 5.82 Å². The quantitative estimate of drug-likeness (QED) is 0.515. The molecule has 0 unspecified atom stereocenters. The minimum atomic E-state index is -0.939. The Hall–Kier alpha value is -3.45. The van der Waals surface area contributed by atoms with Gasteiger partial charge in [0.1, 0.15) is 23.7 Å². The third-order valence-corrected chi connectivity index (χ3v) is 5.40. The van der Waals surface area contributed by atoms with E-state index in [1.165, 1.54) is 29.2 Å². The van der Waals surface area contributed by atoms with Crippen LogP contribution in [0.5, 0.6) is 0 Å². The summed E-state index contributed by atoms with van der Waals surface area (Å²) in [5.41, 5.74) is 0.710. The largest absolute Gasteiger partial charge is 0.710 e. The average molecular weight is 408 g/mol. The number of hydrogen-bond donors (Lipinski definition) is 1. The second-order valence-electron chi connectivity index (χ2n) is 7.17. The molecule has 1 N–H and O–H groups in total. The van der Waals surface area contributed by atoms with Gasteiger partial charge < -0.3 is 15.1 Å². The highest BCUT2D eigenvalue weighted by molar-refractivity contribution is 5.87. The molecule has 6 nitrogen and oxygen atoms in total. The molecule has 0 bridgehead atoms. The van der Waals surface area contributed by atoms with E-state index in [0.29, 0.717) is 22.4 Å². The highest BCUT2D eigenvalue weighted by Crippen LogP contribution is 2.38. The predicted molar refractivity (Wildman–Crippen MR) is 109 cm³/mol. The van der Waals surface area contributed by atoms with E-state index in [9.17, 15) is 19.5 Å². The van der Waals surface area contributed by atoms with E-state index in [2.05, 4.69) is 0 Å². The van der Waals surface area contributed by atoms with Gasteiger partial charge in [-0.2, -0.15) is 9.69 Å². The number of rotatable bonds is 5. The van der Waals surface area contributed by atoms with Crippen molar-refractivity contribution in [1.29, 1.82) is 0 Å². The van der Waals surface area contributed by atoms with Crippen LogP contribution in [0.2, 0.25) is 0 Å². The van der Waals surface area contributed by atoms with Crippen molar-refractivity contribution in [3.05, 3.63) is 89.4 Å². The third-order valence-electron chi connectivity index (χ3n) is 5.40. The first-order chi connectivity index (χ1) is 14.5. The molecule has 0 aliphatic carbocycles. The number of aliphatic hydroxyl groups is 1. The number of aliphatic hydroxyl groups excluding tert-OH is 1. The van der Waals surface area contributed by atoms with Crippen LogP contribution < -0.4 is 9.63 Å². The molecule has 1 aliphatic rings. The fourth-order valence-corrected chi connectivity index (χ4v) is 3.83. The van der Waals surface area contributed by atoms with Crippen molar-refractivity contribution in [2.45, 2.75) is 18.4 Å². The number of amides is 1. The van der Waals surface area contributed by atoms with Gasteiger partial charge in [-0.05, 0) is 42.0 Å². The molecule has 1 saturated heterocycles. The third kappa shape index (κ3) is 3.59. The fraction of sp³-hybridized carbons (Fsp3) is 0.217. The van der Waals surface area contributed by atoms with E-state index in [-0.39, 0.29) is 25.4 Å². The Morgan fingerprint density at radius 2 is 1.80 bits per heavy atom. The molecule has 1 aromatic heterocycles. The van der Waals surface area contributed by atoms with Gasteiger partial charge in [-0.15, -0.1) is 0 Å². The smallest absolute Gasteiger partial charge is 0.508 e. The summed E-state index contributed by atoms with van der Waals surface area (Å²) in [7, 11) is 0. The van der Waals surface area contributed by atoms with E-state index < -0.39 is 17.5 Å². The van der Waals surface area contributed by atoms with Crippen LogP contribution in [0.4, 0.5) is 15.0 Å². The lowest BCUT2D eigenvalue weighted by Crippen LogP contribution is -2.52. The number of cyclic esters (lactones) is 1. The zero-order valence-electron chi connectivity index (χ0n) is 16.2. The number of carbonyl (C=O) groups excluding carboxylic acids is 1. The topological polar surface area (TPSA) is 76.7 Å². The molecule has 0 radical (unpaired) electrons. The van der Waals surface area contributed by atoms with Crippen LogP contribution in [-0.2, 0) is 10.3 Å². The number of benzene rings is 2. The van der Waals surface area contributed by atoms with E-state index in [1.54, 1.807) is 18.2 Å². The molecule has 1 aliphatic heterocycles. The molecule has 0 saturated carbocycles. The summed E-state index contributed by atoms with van der Waals surface area (Å²) in [6.45, 7) is 0.118. The molecule has 2 aromatic carbocycles. The zero-order chi connectivity index (χ0) is 21.1. The first kappa shape index (κ1) is 19.8. The molecular formula is C23H21FN2O4. The minimum absolute atomic E-state index is 0.132. The zero-order valence-corrected chi connectivity index (χ0v) is 16.2. The summed E-state index contributed by atoms with van der Waals surface area (Å²) in [6.07, 6.45) is 0.0348. The first-order valence-electron chi connectivity index (χ1n) is 9.69. The lowest BCUT2D eigenvalue weighted by molar-refractivity contribution is -0.580. The predicted octanol–water partition coefficient (Wildman–Crippen LogP) is 3.75. The molecule has 154 valence electrons. The Morgan fingerprint density at radius 1 is 1.07 bits per heavy atom. The van der Waals surface area contributed by atoms with Crippen LogP contribution in [0.1, 0.15) is 18.4 Å². The molecule has 1 amide bonds. The van der Waals surface area contributed by atoms with E-state index in [4.69, 9.17) is 4.74 Å². The maximum atomic E-state index is 13.2. The number of pyridine rings is 1. The van der Waals surface area contributed by atoms with Crippen LogP contribution in [0.15, 0.2) is 72.8 Å². The summed E-state index contributed by atoms with van der Waals surface area (Å²) >= 11 is 0. The number of nitrogens with zero attached hydrogens (tertiary/aromatic N) is 2. The molecule has 1 atom stereocenters. The molecule has 0 spiro atoms. The maximum absolute atomic E-state index is 13.2. The van der Waals surface area contributed by atoms with Gasteiger partial charge in [-0.1, -0.05) is 30.3 Å². The van der Waals surface area contributed by atoms with E-state index >= 15 is 0 Å². The highest BCUT2D eigenvalue weighted by atomic mass is 19.1. The van der Waals surface area contributed by atoms with Crippen LogP contribution in [0.25, 0.3) is 11.3 Å². The fourth-order valence-electron chi connectivity index (χ4n) is 3.83. The number of carbonyl (C=O) groups is 1. The lowest BCUT2D eigenvalue weighted by atomic mass is 9.86. The number of halogens is 1. The van der Waals surface area contributed by atoms with Crippen molar-refractivity contribution in [3.63, 3.8) is 0 Å². The summed E-state index contributed by atoms with van der Waals surface area (Å²) < 4.78 is 19.7. The highest BCUT2D eigenvalue weighted by Gasteiger charge is 2.46. The van der Waals surface area contributed by atoms with Gasteiger partial charge in [-0.25, -0.2) is 9.12 Å². The Kier molecular flexibility index (Phi) is 5.37. The van der Waals surface area contributed by atoms with Gasteiger partial charge >= 0.3 is 6.09 Å². The summed E-state index contributed by atoms with van der Waals surface area (Å²) in [5, 5.41) is 22.5. The minimum Gasteiger partial charge on any atom is -0.710 e. The lowest BCUT2D eigenvalue weighted by Gasteiger charge is -2.38. The monoisotopic (exact) mass is 408 g/mol. The van der Waals surface area contributed by atoms with Crippen LogP contribution in [-0.4, -0.2) is 24.4 Å². The van der Waals surface area contributed by atoms with Crippen molar-refractivity contribution < 1.29 is 23.8 Å². The molecule has 7 heteroatoms. The van der Waals surface area contributed by atoms with E-state index in [1.807, 2.05) is 30.3 Å². The van der Waals surface area contributed by atoms with E-state index in [0.717, 1.165) is 5.56 Å². The SMILES string of the molecule is O=C1O[C@@](CCO)(c2ccccc2)CCN1c1cccc(-c2ccc(F)cc2)[n+]1[O-]. The second kappa shape index (κ2) is 8.12. The number of hydrogen-bond acceptors (Lipinski definition) is 4. The Bertz CT molecular complexity index is 1040. The number of ether oxygens (including phenoxy) is 1. The molecular weight excluding hydrogens is 387 g/mol. The van der Waals surface area contributed by atoms with Gasteiger partial charge in [0.05, 0.1) is 0 Å². The standard InChI is InChI=1S/C23H21FN2O4/c24-19-11-9-17(10-12-19)20-7-4-8-21(26(20)29)25-15-13-23(14-16-27,30-22(25)28)18-5-2-1-3-6-18/h1-12,27H,13-16H2/t23-/m0/s1. The summed E-state index contributed by atoms with van der Waals surface area (Å²) in [4.78, 5) is 14.2. The molecule has 1 fully saturated rings. The van der Waals surface area contributed by atoms with Crippen molar-refractivity contribution in [3.8, 4) is 11.3 Å². The van der Waals surface area contributed by atoms with Crippen LogP contribution in [0.3, 0.4) is 0 Å². The molecule has 30 heavy (non-hydrogen) atoms. The second-order valence-corrected chi connectivity index (χ2v) is 7.17. The van der Waals surface area contributed by atoms with Crippen molar-refractivity contribution >= 4 is 11.9 Å². The maximum Gasteiger partial charge on any atom is 0.508 e. The Labute approximate surface area is 173 Å². The van der Waals surface area contributed by atoms with Crippen molar-refractivity contribution in [2.75, 3.05) is 18.1 Å². The molecule has 3 aromatic rings. The molecule has 4 rings (SSSR count). The Morgan fingerprint density at radius 3 is 2.47 bits per heavy atom. The van der Waals surface area contributed by atoms with Gasteiger partial charge in [0, 0.05) is 31.1 Å². The van der Waals surface area contributed by atoms with Crippen molar-refractivity contribution in [2.24, 2.45) is 0 Å². The van der Waals surface area contributed by atoms with Crippen LogP contribution >= 0.6 is 0 Å². The van der Waals surface area contributed by atoms with Gasteiger partial charge in [0.15, 0.2) is 0 Å². The van der Waals surface area contributed by atoms with Crippen molar-refractivity contribution in [1.82, 2.24) is 0 Å². The number of aromatic nitrogens is 1. The summed E-state index contributed by atoms with van der Waals surface area (Å²) in [6, 6.07) is 19.7. The van der Waals surface area contributed by atoms with Gasteiger partial charge in [-0.3, -0.25) is 0 Å². The Balaban J connectivity index is 1.65. The molecule has 2 heterocycles. The van der Waals surface area contributed by atoms with Crippen LogP contribution in [0, 0.1) is 11.0 Å². The average Bonchev–Trinajstić information content (AvgIpc) is 2.76. The first-order valence-corrected chi connectivity index (χ1v) is 9.69. The number of anilines is 1. The summed E-state index contributed by atoms with van der Waals surface area (Å²) in [5.74, 6) is -0.263. The normalized spacial score (nSPS) is 18.9. The van der Waals surface area contributed by atoms with Gasteiger partial charge in [0.2, 0.25) is 0 Å².